The lowest BCUT2D eigenvalue weighted by Crippen LogP contribution is -2.41. The van der Waals surface area contributed by atoms with E-state index >= 15 is 0 Å². The number of aromatic nitrogens is 2. The number of aliphatic hydroxyl groups is 1. The number of hydrogen-bond donors (Lipinski definition) is 3. The Labute approximate surface area is 114 Å². The van der Waals surface area contributed by atoms with Gasteiger partial charge in [0, 0.05) is 12.1 Å². The van der Waals surface area contributed by atoms with Crippen LogP contribution in [0.5, 0.6) is 0 Å². The van der Waals surface area contributed by atoms with E-state index in [-0.39, 0.29) is 24.7 Å². The zero-order chi connectivity index (χ0) is 14.4. The largest absolute Gasteiger partial charge is 0.394 e. The average Bonchev–Trinajstić information content (AvgIpc) is 2.75. The third-order valence-corrected chi connectivity index (χ3v) is 2.71. The normalized spacial score (nSPS) is 12.8. The van der Waals surface area contributed by atoms with Crippen LogP contribution in [0.4, 0.5) is 10.6 Å². The maximum Gasteiger partial charge on any atom is 0.320 e. The highest BCUT2D eigenvalue weighted by Gasteiger charge is 2.14. The molecular formula is C13H24N4O2. The van der Waals surface area contributed by atoms with Gasteiger partial charge in [-0.1, -0.05) is 13.8 Å². The molecular weight excluding hydrogens is 244 g/mol. The number of carbonyl (C=O) groups is 1. The Morgan fingerprint density at radius 2 is 2.11 bits per heavy atom. The number of amides is 2. The van der Waals surface area contributed by atoms with Crippen LogP contribution in [-0.4, -0.2) is 33.6 Å². The smallest absolute Gasteiger partial charge is 0.320 e. The van der Waals surface area contributed by atoms with Gasteiger partial charge in [-0.05, 0) is 26.2 Å². The van der Waals surface area contributed by atoms with E-state index in [1.54, 1.807) is 16.9 Å². The van der Waals surface area contributed by atoms with Gasteiger partial charge in [0.15, 0.2) is 0 Å². The molecule has 3 N–H and O–H groups in total. The van der Waals surface area contributed by atoms with Crippen LogP contribution in [-0.2, 0) is 0 Å². The molecule has 6 nitrogen and oxygen atoms in total. The highest BCUT2D eigenvalue weighted by atomic mass is 16.3. The first-order chi connectivity index (χ1) is 8.93. The molecule has 0 aliphatic heterocycles. The van der Waals surface area contributed by atoms with Crippen molar-refractivity contribution >= 4 is 11.8 Å². The minimum Gasteiger partial charge on any atom is -0.394 e. The Kier molecular flexibility index (Phi) is 5.82. The van der Waals surface area contributed by atoms with Gasteiger partial charge < -0.3 is 10.4 Å². The Balaban J connectivity index is 2.57. The molecule has 108 valence electrons. The molecule has 6 heteroatoms. The highest BCUT2D eigenvalue weighted by Crippen LogP contribution is 2.13. The molecule has 0 fully saturated rings. The van der Waals surface area contributed by atoms with Gasteiger partial charge in [-0.25, -0.2) is 9.48 Å². The quantitative estimate of drug-likeness (QED) is 0.738. The lowest BCUT2D eigenvalue weighted by Gasteiger charge is -2.19. The van der Waals surface area contributed by atoms with Crippen molar-refractivity contribution in [2.24, 2.45) is 5.92 Å². The molecule has 0 saturated heterocycles. The second-order valence-corrected chi connectivity index (χ2v) is 5.36. The first-order valence-electron chi connectivity index (χ1n) is 6.66. The molecule has 0 spiro atoms. The summed E-state index contributed by atoms with van der Waals surface area (Å²) in [5.41, 5.74) is 0. The zero-order valence-electron chi connectivity index (χ0n) is 12.1. The molecule has 1 unspecified atom stereocenters. The zero-order valence-corrected chi connectivity index (χ0v) is 12.1. The van der Waals surface area contributed by atoms with Gasteiger partial charge in [-0.3, -0.25) is 5.32 Å². The van der Waals surface area contributed by atoms with E-state index < -0.39 is 0 Å². The molecule has 0 aliphatic rings. The molecule has 1 aromatic heterocycles. The van der Waals surface area contributed by atoms with Crippen LogP contribution in [0, 0.1) is 5.92 Å². The van der Waals surface area contributed by atoms with E-state index in [1.807, 2.05) is 13.8 Å². The van der Waals surface area contributed by atoms with Crippen LogP contribution in [0.2, 0.25) is 0 Å². The summed E-state index contributed by atoms with van der Waals surface area (Å²) in [5.74, 6) is 1.06. The van der Waals surface area contributed by atoms with Crippen LogP contribution < -0.4 is 10.6 Å². The van der Waals surface area contributed by atoms with E-state index in [1.165, 1.54) is 0 Å². The number of urea groups is 1. The number of aliphatic hydroxyl groups excluding tert-OH is 1. The summed E-state index contributed by atoms with van der Waals surface area (Å²) < 4.78 is 1.73. The van der Waals surface area contributed by atoms with Crippen LogP contribution in [0.25, 0.3) is 0 Å². The fourth-order valence-electron chi connectivity index (χ4n) is 1.91. The molecule has 2 amide bonds. The summed E-state index contributed by atoms with van der Waals surface area (Å²) in [7, 11) is 0. The van der Waals surface area contributed by atoms with Crippen molar-refractivity contribution in [1.82, 2.24) is 15.1 Å². The van der Waals surface area contributed by atoms with Crippen molar-refractivity contribution in [1.29, 1.82) is 0 Å². The Morgan fingerprint density at radius 1 is 1.42 bits per heavy atom. The lowest BCUT2D eigenvalue weighted by atomic mass is 10.0. The maximum absolute atomic E-state index is 11.9. The van der Waals surface area contributed by atoms with Crippen molar-refractivity contribution in [2.75, 3.05) is 11.9 Å². The molecule has 0 aromatic carbocycles. The minimum absolute atomic E-state index is 0.0605. The predicted octanol–water partition coefficient (Wildman–Crippen LogP) is 1.99. The summed E-state index contributed by atoms with van der Waals surface area (Å²) >= 11 is 0. The number of anilines is 1. The van der Waals surface area contributed by atoms with Gasteiger partial charge in [-0.15, -0.1) is 0 Å². The molecule has 1 heterocycles. The second kappa shape index (κ2) is 7.13. The molecule has 1 atom stereocenters. The highest BCUT2D eigenvalue weighted by molar-refractivity contribution is 5.88. The molecule has 0 saturated carbocycles. The van der Waals surface area contributed by atoms with E-state index in [4.69, 9.17) is 0 Å². The molecule has 0 radical (unpaired) electrons. The van der Waals surface area contributed by atoms with Gasteiger partial charge in [0.25, 0.3) is 0 Å². The summed E-state index contributed by atoms with van der Waals surface area (Å²) in [5, 5.41) is 18.9. The standard InChI is InChI=1S/C13H24N4O2/c1-9(2)7-11(8-18)15-13(19)16-12-5-6-14-17(12)10(3)4/h5-6,9-11,18H,7-8H2,1-4H3,(H2,15,16,19). The van der Waals surface area contributed by atoms with Gasteiger partial charge in [0.1, 0.15) is 5.82 Å². The van der Waals surface area contributed by atoms with Crippen molar-refractivity contribution in [3.63, 3.8) is 0 Å². The number of carbonyl (C=O) groups excluding carboxylic acids is 1. The van der Waals surface area contributed by atoms with Gasteiger partial charge in [-0.2, -0.15) is 5.10 Å². The predicted molar refractivity (Wildman–Crippen MR) is 75.1 cm³/mol. The SMILES string of the molecule is CC(C)CC(CO)NC(=O)Nc1ccnn1C(C)C. The van der Waals surface area contributed by atoms with Crippen LogP contribution >= 0.6 is 0 Å². The maximum atomic E-state index is 11.9. The third kappa shape index (κ3) is 4.90. The molecule has 0 aliphatic carbocycles. The number of nitrogens with one attached hydrogen (secondary N) is 2. The molecule has 1 rings (SSSR count). The summed E-state index contributed by atoms with van der Waals surface area (Å²) in [6, 6.07) is 1.38. The van der Waals surface area contributed by atoms with E-state index in [0.29, 0.717) is 11.7 Å². The first kappa shape index (κ1) is 15.5. The van der Waals surface area contributed by atoms with Crippen LogP contribution in [0.1, 0.15) is 40.2 Å². The molecule has 0 bridgehead atoms. The lowest BCUT2D eigenvalue weighted by molar-refractivity contribution is 0.214. The number of hydrogen-bond acceptors (Lipinski definition) is 3. The van der Waals surface area contributed by atoms with Crippen molar-refractivity contribution < 1.29 is 9.90 Å². The van der Waals surface area contributed by atoms with E-state index in [2.05, 4.69) is 29.6 Å². The minimum atomic E-state index is -0.317. The number of nitrogens with zero attached hydrogens (tertiary/aromatic N) is 2. The van der Waals surface area contributed by atoms with Crippen molar-refractivity contribution in [3.8, 4) is 0 Å². The Morgan fingerprint density at radius 3 is 2.63 bits per heavy atom. The van der Waals surface area contributed by atoms with Crippen LogP contribution in [0.15, 0.2) is 12.3 Å². The second-order valence-electron chi connectivity index (χ2n) is 5.36. The van der Waals surface area contributed by atoms with E-state index in [0.717, 1.165) is 6.42 Å². The van der Waals surface area contributed by atoms with Crippen molar-refractivity contribution in [3.05, 3.63) is 12.3 Å². The Hall–Kier alpha value is -1.56. The average molecular weight is 268 g/mol. The summed E-state index contributed by atoms with van der Waals surface area (Å²) in [4.78, 5) is 11.9. The molecule has 1 aromatic rings. The summed E-state index contributed by atoms with van der Waals surface area (Å²) in [6.45, 7) is 8.03. The summed E-state index contributed by atoms with van der Waals surface area (Å²) in [6.07, 6.45) is 2.39. The fraction of sp³-hybridized carbons (Fsp3) is 0.692. The monoisotopic (exact) mass is 268 g/mol. The van der Waals surface area contributed by atoms with Crippen LogP contribution in [0.3, 0.4) is 0 Å². The fourth-order valence-corrected chi connectivity index (χ4v) is 1.91. The third-order valence-electron chi connectivity index (χ3n) is 2.71. The van der Waals surface area contributed by atoms with Gasteiger partial charge in [0.05, 0.1) is 18.8 Å². The van der Waals surface area contributed by atoms with Gasteiger partial charge in [0.2, 0.25) is 0 Å². The number of rotatable bonds is 6. The van der Waals surface area contributed by atoms with Gasteiger partial charge >= 0.3 is 6.03 Å². The topological polar surface area (TPSA) is 79.2 Å². The first-order valence-corrected chi connectivity index (χ1v) is 6.66. The Bertz CT molecular complexity index is 401. The van der Waals surface area contributed by atoms with E-state index in [9.17, 15) is 9.90 Å². The molecule has 19 heavy (non-hydrogen) atoms. The van der Waals surface area contributed by atoms with Crippen molar-refractivity contribution in [2.45, 2.75) is 46.2 Å².